The molecule has 3 aliphatic heterocycles. The molecule has 1 spiro atoms. The highest BCUT2D eigenvalue weighted by molar-refractivity contribution is 6.06. The molecule has 2 amide bonds. The topological polar surface area (TPSA) is 90.1 Å². The summed E-state index contributed by atoms with van der Waals surface area (Å²) in [5.74, 6) is 0.902. The summed E-state index contributed by atoms with van der Waals surface area (Å²) in [5, 5.41) is 10.2. The van der Waals surface area contributed by atoms with Crippen LogP contribution in [0.3, 0.4) is 0 Å². The van der Waals surface area contributed by atoms with Crippen LogP contribution in [-0.2, 0) is 22.7 Å². The summed E-state index contributed by atoms with van der Waals surface area (Å²) >= 11 is 0. The van der Waals surface area contributed by atoms with E-state index in [4.69, 9.17) is 4.42 Å². The van der Waals surface area contributed by atoms with Crippen molar-refractivity contribution in [2.75, 3.05) is 19.6 Å². The van der Waals surface area contributed by atoms with Gasteiger partial charge in [-0.05, 0) is 37.6 Å². The Hall–Kier alpha value is -2.55. The van der Waals surface area contributed by atoms with E-state index in [1.165, 1.54) is 4.90 Å². The molecule has 5 heterocycles. The van der Waals surface area contributed by atoms with Gasteiger partial charge in [0.1, 0.15) is 17.1 Å². The number of β-amino-alcohol motifs (C(OH)–C–C–N with tert-alkyl or cyclic N) is 1. The van der Waals surface area contributed by atoms with Crippen molar-refractivity contribution in [3.8, 4) is 0 Å². The fourth-order valence-corrected chi connectivity index (χ4v) is 4.89. The van der Waals surface area contributed by atoms with Crippen molar-refractivity contribution in [1.82, 2.24) is 19.7 Å². The van der Waals surface area contributed by atoms with Gasteiger partial charge in [0.2, 0.25) is 5.91 Å². The van der Waals surface area contributed by atoms with Crippen molar-refractivity contribution in [2.45, 2.75) is 44.1 Å². The SMILES string of the molecule is Cc1ccc(CN2C(=O)C3CC(O)CN3C3(CN(Cc4ccccn4)C3)C2=O)o1. The molecule has 0 bridgehead atoms. The highest BCUT2D eigenvalue weighted by Gasteiger charge is 2.64. The van der Waals surface area contributed by atoms with Crippen LogP contribution in [0.4, 0.5) is 0 Å². The molecular formula is C21H24N4O4. The summed E-state index contributed by atoms with van der Waals surface area (Å²) in [6.45, 7) is 4.02. The van der Waals surface area contributed by atoms with E-state index >= 15 is 0 Å². The number of rotatable bonds is 4. The van der Waals surface area contributed by atoms with Gasteiger partial charge in [-0.2, -0.15) is 0 Å². The Labute approximate surface area is 168 Å². The van der Waals surface area contributed by atoms with Crippen molar-refractivity contribution in [2.24, 2.45) is 0 Å². The molecule has 3 saturated heterocycles. The zero-order chi connectivity index (χ0) is 20.2. The molecule has 3 fully saturated rings. The first kappa shape index (κ1) is 18.5. The first-order valence-electron chi connectivity index (χ1n) is 9.94. The number of hydrogen-bond donors (Lipinski definition) is 1. The number of fused-ring (bicyclic) bond motifs is 2. The van der Waals surface area contributed by atoms with Gasteiger partial charge in [-0.15, -0.1) is 0 Å². The Morgan fingerprint density at radius 2 is 2.03 bits per heavy atom. The van der Waals surface area contributed by atoms with E-state index in [9.17, 15) is 14.7 Å². The number of nitrogens with zero attached hydrogens (tertiary/aromatic N) is 4. The lowest BCUT2D eigenvalue weighted by atomic mass is 9.82. The molecule has 2 atom stereocenters. The van der Waals surface area contributed by atoms with E-state index in [0.29, 0.717) is 38.4 Å². The number of hydrogen-bond acceptors (Lipinski definition) is 7. The van der Waals surface area contributed by atoms with E-state index in [0.717, 1.165) is 11.5 Å². The molecule has 1 N–H and O–H groups in total. The molecule has 0 saturated carbocycles. The minimum absolute atomic E-state index is 0.133. The van der Waals surface area contributed by atoms with Gasteiger partial charge in [0.25, 0.3) is 5.91 Å². The van der Waals surface area contributed by atoms with Crippen LogP contribution in [0.25, 0.3) is 0 Å². The fourth-order valence-electron chi connectivity index (χ4n) is 4.89. The summed E-state index contributed by atoms with van der Waals surface area (Å²) in [7, 11) is 0. The number of aliphatic hydroxyl groups excluding tert-OH is 1. The number of amides is 2. The summed E-state index contributed by atoms with van der Waals surface area (Å²) in [5.41, 5.74) is 0.176. The third-order valence-corrected chi connectivity index (χ3v) is 6.22. The van der Waals surface area contributed by atoms with Crippen LogP contribution in [0.2, 0.25) is 0 Å². The summed E-state index contributed by atoms with van der Waals surface area (Å²) < 4.78 is 5.61. The van der Waals surface area contributed by atoms with Crippen molar-refractivity contribution in [3.63, 3.8) is 0 Å². The van der Waals surface area contributed by atoms with E-state index < -0.39 is 17.7 Å². The standard InChI is InChI=1S/C21H24N4O4/c1-14-5-6-17(29-14)11-24-19(27)18-8-16(26)10-25(18)21(20(24)28)12-23(13-21)9-15-4-2-3-7-22-15/h2-7,16,18,26H,8-13H2,1H3. The molecule has 2 aromatic heterocycles. The third-order valence-electron chi connectivity index (χ3n) is 6.22. The zero-order valence-electron chi connectivity index (χ0n) is 16.3. The van der Waals surface area contributed by atoms with E-state index in [1.807, 2.05) is 36.1 Å². The number of carbonyl (C=O) groups is 2. The molecule has 0 aliphatic carbocycles. The number of piperazine rings is 1. The van der Waals surface area contributed by atoms with Crippen LogP contribution >= 0.6 is 0 Å². The lowest BCUT2D eigenvalue weighted by Crippen LogP contribution is -2.81. The number of aromatic nitrogens is 1. The maximum absolute atomic E-state index is 13.5. The molecule has 0 aromatic carbocycles. The van der Waals surface area contributed by atoms with E-state index in [2.05, 4.69) is 9.88 Å². The van der Waals surface area contributed by atoms with Gasteiger partial charge in [0, 0.05) is 32.4 Å². The number of likely N-dealkylation sites (tertiary alicyclic amines) is 1. The number of imide groups is 1. The van der Waals surface area contributed by atoms with Crippen molar-refractivity contribution >= 4 is 11.8 Å². The number of aryl methyl sites for hydroxylation is 1. The largest absolute Gasteiger partial charge is 0.464 e. The number of aliphatic hydroxyl groups is 1. The maximum atomic E-state index is 13.5. The highest BCUT2D eigenvalue weighted by atomic mass is 16.3. The minimum Gasteiger partial charge on any atom is -0.464 e. The second-order valence-corrected chi connectivity index (χ2v) is 8.30. The van der Waals surface area contributed by atoms with E-state index in [-0.39, 0.29) is 18.4 Å². The van der Waals surface area contributed by atoms with Crippen LogP contribution < -0.4 is 0 Å². The van der Waals surface area contributed by atoms with Crippen LogP contribution in [0.15, 0.2) is 40.9 Å². The summed E-state index contributed by atoms with van der Waals surface area (Å²) in [6.07, 6.45) is 1.53. The van der Waals surface area contributed by atoms with Crippen molar-refractivity contribution in [1.29, 1.82) is 0 Å². The minimum atomic E-state index is -0.771. The molecule has 8 heteroatoms. The number of pyridine rings is 1. The van der Waals surface area contributed by atoms with Crippen LogP contribution in [0.1, 0.15) is 23.6 Å². The number of furan rings is 1. The lowest BCUT2D eigenvalue weighted by Gasteiger charge is -2.58. The Balaban J connectivity index is 1.39. The van der Waals surface area contributed by atoms with Crippen molar-refractivity contribution < 1.29 is 19.1 Å². The smallest absolute Gasteiger partial charge is 0.252 e. The van der Waals surface area contributed by atoms with E-state index in [1.54, 1.807) is 12.3 Å². The van der Waals surface area contributed by atoms with Gasteiger partial charge in [0.15, 0.2) is 0 Å². The van der Waals surface area contributed by atoms with Crippen molar-refractivity contribution in [3.05, 3.63) is 53.7 Å². The van der Waals surface area contributed by atoms with Gasteiger partial charge < -0.3 is 9.52 Å². The number of carbonyl (C=O) groups excluding carboxylic acids is 2. The predicted molar refractivity (Wildman–Crippen MR) is 102 cm³/mol. The third kappa shape index (κ3) is 2.99. The Morgan fingerprint density at radius 3 is 2.72 bits per heavy atom. The molecular weight excluding hydrogens is 372 g/mol. The molecule has 0 radical (unpaired) electrons. The average molecular weight is 396 g/mol. The first-order valence-corrected chi connectivity index (χ1v) is 9.94. The second-order valence-electron chi connectivity index (χ2n) is 8.30. The van der Waals surface area contributed by atoms with Gasteiger partial charge in [-0.3, -0.25) is 29.3 Å². The molecule has 8 nitrogen and oxygen atoms in total. The molecule has 3 aliphatic rings. The molecule has 152 valence electrons. The molecule has 2 unspecified atom stereocenters. The Kier molecular flexibility index (Phi) is 4.31. The second kappa shape index (κ2) is 6.76. The average Bonchev–Trinajstić information content (AvgIpc) is 3.27. The lowest BCUT2D eigenvalue weighted by molar-refractivity contribution is -0.181. The van der Waals surface area contributed by atoms with Gasteiger partial charge in [-0.25, -0.2) is 0 Å². The molecule has 29 heavy (non-hydrogen) atoms. The van der Waals surface area contributed by atoms with Crippen LogP contribution in [0.5, 0.6) is 0 Å². The maximum Gasteiger partial charge on any atom is 0.252 e. The quantitative estimate of drug-likeness (QED) is 0.755. The first-order chi connectivity index (χ1) is 14.0. The molecule has 2 aromatic rings. The van der Waals surface area contributed by atoms with Crippen LogP contribution in [0, 0.1) is 6.92 Å². The zero-order valence-corrected chi connectivity index (χ0v) is 16.3. The molecule has 5 rings (SSSR count). The monoisotopic (exact) mass is 396 g/mol. The predicted octanol–water partition coefficient (Wildman–Crippen LogP) is 0.542. The highest BCUT2D eigenvalue weighted by Crippen LogP contribution is 2.41. The van der Waals surface area contributed by atoms with Gasteiger partial charge >= 0.3 is 0 Å². The van der Waals surface area contributed by atoms with Gasteiger partial charge in [-0.1, -0.05) is 6.07 Å². The van der Waals surface area contributed by atoms with Gasteiger partial charge in [0.05, 0.1) is 24.4 Å². The summed E-state index contributed by atoms with van der Waals surface area (Å²) in [6, 6.07) is 8.95. The summed E-state index contributed by atoms with van der Waals surface area (Å²) in [4.78, 5) is 36.3. The fraction of sp³-hybridized carbons (Fsp3) is 0.476. The Bertz CT molecular complexity index is 937. The Morgan fingerprint density at radius 1 is 1.21 bits per heavy atom. The normalized spacial score (nSPS) is 26.8. The van der Waals surface area contributed by atoms with Crippen LogP contribution in [-0.4, -0.2) is 73.9 Å².